The molecule has 0 bridgehead atoms. The van der Waals surface area contributed by atoms with Gasteiger partial charge in [-0.3, -0.25) is 0 Å². The van der Waals surface area contributed by atoms with Crippen LogP contribution in [0.25, 0.3) is 0 Å². The van der Waals surface area contributed by atoms with Gasteiger partial charge in [0.25, 0.3) is 0 Å². The normalized spacial score (nSPS) is 12.2. The Morgan fingerprint density at radius 2 is 1.78 bits per heavy atom. The average molecular weight is 245 g/mol. The third-order valence-corrected chi connectivity index (χ3v) is 2.73. The molecule has 94 valence electrons. The highest BCUT2D eigenvalue weighted by Gasteiger charge is 2.13. The molecule has 0 unspecified atom stereocenters. The average Bonchev–Trinajstić information content (AvgIpc) is 2.34. The first kappa shape index (κ1) is 12.6. The molecule has 0 saturated carbocycles. The van der Waals surface area contributed by atoms with E-state index in [4.69, 9.17) is 10.5 Å². The van der Waals surface area contributed by atoms with E-state index in [1.165, 1.54) is 6.07 Å². The second kappa shape index (κ2) is 5.19. The third-order valence-electron chi connectivity index (χ3n) is 2.73. The minimum absolute atomic E-state index is 0.205. The highest BCUT2D eigenvalue weighted by Crippen LogP contribution is 2.31. The first-order chi connectivity index (χ1) is 8.58. The predicted molar refractivity (Wildman–Crippen MR) is 70.3 cm³/mol. The number of para-hydroxylation sites is 1. The Labute approximate surface area is 106 Å². The highest BCUT2D eigenvalue weighted by molar-refractivity contribution is 5.41. The Balaban J connectivity index is 2.36. The molecule has 2 rings (SSSR count). The summed E-state index contributed by atoms with van der Waals surface area (Å²) >= 11 is 0. The quantitative estimate of drug-likeness (QED) is 0.888. The summed E-state index contributed by atoms with van der Waals surface area (Å²) in [4.78, 5) is 0. The number of benzene rings is 2. The molecule has 0 aromatic heterocycles. The molecule has 3 heteroatoms. The van der Waals surface area contributed by atoms with Crippen LogP contribution in [0, 0.1) is 12.7 Å². The van der Waals surface area contributed by atoms with E-state index in [1.807, 2.05) is 31.2 Å². The lowest BCUT2D eigenvalue weighted by molar-refractivity contribution is 0.432. The van der Waals surface area contributed by atoms with Crippen molar-refractivity contribution < 1.29 is 9.13 Å². The Hall–Kier alpha value is -1.87. The van der Waals surface area contributed by atoms with Gasteiger partial charge in [0.05, 0.1) is 0 Å². The van der Waals surface area contributed by atoms with Gasteiger partial charge < -0.3 is 10.5 Å². The van der Waals surface area contributed by atoms with Crippen LogP contribution < -0.4 is 10.5 Å². The van der Waals surface area contributed by atoms with Crippen molar-refractivity contribution in [3.8, 4) is 11.5 Å². The molecule has 2 aromatic carbocycles. The molecule has 0 aliphatic heterocycles. The first-order valence-corrected chi connectivity index (χ1v) is 5.86. The lowest BCUT2D eigenvalue weighted by Crippen LogP contribution is -2.07. The lowest BCUT2D eigenvalue weighted by atomic mass is 10.1. The zero-order chi connectivity index (χ0) is 13.1. The molecule has 0 amide bonds. The molecule has 0 spiro atoms. The van der Waals surface area contributed by atoms with Gasteiger partial charge in [-0.15, -0.1) is 0 Å². The van der Waals surface area contributed by atoms with E-state index < -0.39 is 5.82 Å². The van der Waals surface area contributed by atoms with Crippen LogP contribution in [-0.2, 0) is 0 Å². The van der Waals surface area contributed by atoms with E-state index in [0.717, 1.165) is 5.56 Å². The zero-order valence-electron chi connectivity index (χ0n) is 10.5. The number of aryl methyl sites for hydroxylation is 1. The molecular formula is C15H16FNO. The number of halogens is 1. The Morgan fingerprint density at radius 3 is 2.39 bits per heavy atom. The van der Waals surface area contributed by atoms with Crippen molar-refractivity contribution in [2.75, 3.05) is 0 Å². The van der Waals surface area contributed by atoms with E-state index in [9.17, 15) is 4.39 Å². The molecular weight excluding hydrogens is 229 g/mol. The van der Waals surface area contributed by atoms with Crippen LogP contribution in [0.3, 0.4) is 0 Å². The minimum atomic E-state index is -0.398. The van der Waals surface area contributed by atoms with Gasteiger partial charge in [-0.05, 0) is 32.0 Å². The molecule has 0 aliphatic carbocycles. The molecule has 0 fully saturated rings. The molecule has 0 radical (unpaired) electrons. The summed E-state index contributed by atoms with van der Waals surface area (Å²) < 4.78 is 19.4. The van der Waals surface area contributed by atoms with Crippen molar-refractivity contribution in [1.29, 1.82) is 0 Å². The number of nitrogens with two attached hydrogens (primary N) is 1. The van der Waals surface area contributed by atoms with Gasteiger partial charge in [-0.2, -0.15) is 0 Å². The van der Waals surface area contributed by atoms with E-state index in [2.05, 4.69) is 0 Å². The Morgan fingerprint density at radius 1 is 1.11 bits per heavy atom. The second-order valence-electron chi connectivity index (χ2n) is 4.36. The summed E-state index contributed by atoms with van der Waals surface area (Å²) in [5, 5.41) is 0. The smallest absolute Gasteiger partial charge is 0.167 e. The van der Waals surface area contributed by atoms with Crippen LogP contribution in [0.15, 0.2) is 42.5 Å². The summed E-state index contributed by atoms with van der Waals surface area (Å²) in [5.74, 6) is 0.411. The lowest BCUT2D eigenvalue weighted by Gasteiger charge is -2.14. The van der Waals surface area contributed by atoms with Crippen LogP contribution in [0.4, 0.5) is 4.39 Å². The first-order valence-electron chi connectivity index (χ1n) is 5.86. The molecule has 0 aliphatic rings. The molecule has 1 atom stereocenters. The highest BCUT2D eigenvalue weighted by atomic mass is 19.1. The van der Waals surface area contributed by atoms with E-state index in [0.29, 0.717) is 11.3 Å². The maximum atomic E-state index is 13.8. The minimum Gasteiger partial charge on any atom is -0.454 e. The monoisotopic (exact) mass is 245 g/mol. The van der Waals surface area contributed by atoms with Crippen molar-refractivity contribution >= 4 is 0 Å². The van der Waals surface area contributed by atoms with Crippen LogP contribution in [0.1, 0.15) is 24.1 Å². The summed E-state index contributed by atoms with van der Waals surface area (Å²) in [5.41, 5.74) is 7.61. The third kappa shape index (κ3) is 2.68. The van der Waals surface area contributed by atoms with Crippen LogP contribution in [0.5, 0.6) is 11.5 Å². The van der Waals surface area contributed by atoms with Crippen molar-refractivity contribution in [3.05, 3.63) is 59.4 Å². The fourth-order valence-corrected chi connectivity index (χ4v) is 1.72. The predicted octanol–water partition coefficient (Wildman–Crippen LogP) is 3.95. The number of ether oxygens (including phenoxy) is 1. The van der Waals surface area contributed by atoms with Crippen LogP contribution >= 0.6 is 0 Å². The molecule has 2 N–H and O–H groups in total. The van der Waals surface area contributed by atoms with Gasteiger partial charge in [-0.1, -0.05) is 29.8 Å². The van der Waals surface area contributed by atoms with Crippen molar-refractivity contribution in [3.63, 3.8) is 0 Å². The fraction of sp³-hybridized carbons (Fsp3) is 0.200. The van der Waals surface area contributed by atoms with E-state index in [-0.39, 0.29) is 11.8 Å². The zero-order valence-corrected chi connectivity index (χ0v) is 10.5. The molecule has 0 saturated heterocycles. The molecule has 0 heterocycles. The summed E-state index contributed by atoms with van der Waals surface area (Å²) in [6.07, 6.45) is 0. The summed E-state index contributed by atoms with van der Waals surface area (Å²) in [7, 11) is 0. The second-order valence-corrected chi connectivity index (χ2v) is 4.36. The van der Waals surface area contributed by atoms with Crippen LogP contribution in [0.2, 0.25) is 0 Å². The Kier molecular flexibility index (Phi) is 3.63. The van der Waals surface area contributed by atoms with Crippen molar-refractivity contribution in [1.82, 2.24) is 0 Å². The van der Waals surface area contributed by atoms with Gasteiger partial charge in [0.2, 0.25) is 0 Å². The van der Waals surface area contributed by atoms with Crippen molar-refractivity contribution in [2.45, 2.75) is 19.9 Å². The Bertz CT molecular complexity index is 535. The standard InChI is InChI=1S/C15H16FNO/c1-10-6-8-12(9-7-10)18-15-13(11(2)17)4-3-5-14(15)16/h3-9,11H,17H2,1-2H3/t11-/m0/s1. The van der Waals surface area contributed by atoms with E-state index in [1.54, 1.807) is 19.1 Å². The largest absolute Gasteiger partial charge is 0.454 e. The number of hydrogen-bond donors (Lipinski definition) is 1. The van der Waals surface area contributed by atoms with Crippen LogP contribution in [-0.4, -0.2) is 0 Å². The van der Waals surface area contributed by atoms with Gasteiger partial charge in [0, 0.05) is 11.6 Å². The van der Waals surface area contributed by atoms with Gasteiger partial charge in [-0.25, -0.2) is 4.39 Å². The number of hydrogen-bond acceptors (Lipinski definition) is 2. The molecule has 2 nitrogen and oxygen atoms in total. The molecule has 2 aromatic rings. The molecule has 18 heavy (non-hydrogen) atoms. The van der Waals surface area contributed by atoms with Gasteiger partial charge >= 0.3 is 0 Å². The van der Waals surface area contributed by atoms with Gasteiger partial charge in [0.15, 0.2) is 11.6 Å². The SMILES string of the molecule is Cc1ccc(Oc2c(F)cccc2[C@H](C)N)cc1. The number of rotatable bonds is 3. The summed E-state index contributed by atoms with van der Waals surface area (Å²) in [6.45, 7) is 3.79. The van der Waals surface area contributed by atoms with Crippen molar-refractivity contribution in [2.24, 2.45) is 5.73 Å². The topological polar surface area (TPSA) is 35.2 Å². The summed E-state index contributed by atoms with van der Waals surface area (Å²) in [6, 6.07) is 12.0. The van der Waals surface area contributed by atoms with Gasteiger partial charge in [0.1, 0.15) is 5.75 Å². The maximum Gasteiger partial charge on any atom is 0.167 e. The fourth-order valence-electron chi connectivity index (χ4n) is 1.72. The van der Waals surface area contributed by atoms with E-state index >= 15 is 0 Å². The maximum absolute atomic E-state index is 13.8.